The van der Waals surface area contributed by atoms with E-state index < -0.39 is 16.8 Å². The number of nitrogens with one attached hydrogen (secondary N) is 3. The van der Waals surface area contributed by atoms with Crippen LogP contribution in [0.25, 0.3) is 66.5 Å². The number of nitrogens with zero attached hydrogens (tertiary/aromatic N) is 12. The second kappa shape index (κ2) is 27.2. The number of nitrogens with two attached hydrogens (primary N) is 3. The molecule has 105 heavy (non-hydrogen) atoms. The molecule has 12 aromatic heterocycles. The molecule has 24 heteroatoms. The average Bonchev–Trinajstić information content (AvgIpc) is 1.72. The van der Waals surface area contributed by atoms with Crippen LogP contribution in [-0.4, -0.2) is 90.6 Å². The van der Waals surface area contributed by atoms with Gasteiger partial charge in [-0.3, -0.25) is 29.9 Å². The fraction of sp³-hybridized carbons (Fsp3) is 0.259. The third-order valence-electron chi connectivity index (χ3n) is 19.9. The van der Waals surface area contributed by atoms with Crippen LogP contribution in [0.15, 0.2) is 196 Å². The Labute approximate surface area is 603 Å². The van der Waals surface area contributed by atoms with E-state index in [9.17, 15) is 15.3 Å². The number of hydrogen-bond donors (Lipinski definition) is 9. The SMILES string of the molecule is Cc1noc([C@@H](C)N)c1-c1cc(C(O)(c2ccccn2)c2ccccn2)c2nc(C3CC3)[nH]c2c1.Cc1noc([C@H](C)N)c1-c1cc(C(O)(c2ccccn2)c2ccccn2)c2nc(C3CC3)[nH]c2c1.Cc1onc([C@H](C)N)c1-c1cc(C(O)(c2ccccn2)c2ccccn2)c2nc(C3CC3)[nH]c2c1. The van der Waals surface area contributed by atoms with Crippen molar-refractivity contribution in [3.63, 3.8) is 0 Å². The minimum absolute atomic E-state index is 0.323. The second-order valence-electron chi connectivity index (χ2n) is 27.7. The molecule has 12 N–H and O–H groups in total. The standard InChI is InChI=1S/3C27H26N6O2/c2*1-15(28)25-23(16(2)33-35-25)18-13-19(24-20(14-18)31-26(32-24)17-9-10-17)27(34,21-7-3-5-11-29-21)22-8-4-6-12-30-22;1-15(28)24-23(16(2)35-33-24)18-13-19(25-20(14-18)31-26(32-25)17-9-10-17)27(34,21-7-3-5-11-29-21)22-8-4-6-12-30-22/h3*3-8,11-15,17,34H,9-10,28H2,1-2H3,(H,31,32)/t3*15-/m100/s1. The van der Waals surface area contributed by atoms with Crippen LogP contribution in [0.4, 0.5) is 0 Å². The van der Waals surface area contributed by atoms with Crippen LogP contribution >= 0.6 is 0 Å². The predicted molar refractivity (Wildman–Crippen MR) is 394 cm³/mol. The number of aromatic nitrogens is 15. The number of aryl methyl sites for hydroxylation is 3. The van der Waals surface area contributed by atoms with Gasteiger partial charge in [-0.15, -0.1) is 0 Å². The smallest absolute Gasteiger partial charge is 0.176 e. The van der Waals surface area contributed by atoms with Gasteiger partial charge in [0.15, 0.2) is 28.3 Å². The fourth-order valence-corrected chi connectivity index (χ4v) is 14.2. The zero-order valence-corrected chi connectivity index (χ0v) is 58.7. The lowest BCUT2D eigenvalue weighted by Gasteiger charge is -2.28. The maximum absolute atomic E-state index is 12.5. The third-order valence-corrected chi connectivity index (χ3v) is 19.9. The average molecular weight is 1400 g/mol. The number of aliphatic hydroxyl groups is 3. The van der Waals surface area contributed by atoms with Crippen LogP contribution in [0.5, 0.6) is 0 Å². The van der Waals surface area contributed by atoms with Crippen LogP contribution in [0.3, 0.4) is 0 Å². The van der Waals surface area contributed by atoms with Crippen LogP contribution in [-0.2, 0) is 16.8 Å². The number of fused-ring (bicyclic) bond motifs is 3. The molecule has 24 nitrogen and oxygen atoms in total. The number of H-pyrrole nitrogens is 3. The number of aromatic amines is 3. The molecule has 0 radical (unpaired) electrons. The fourth-order valence-electron chi connectivity index (χ4n) is 14.2. The molecular formula is C81H78N18O6. The van der Waals surface area contributed by atoms with Crippen molar-refractivity contribution in [2.45, 2.75) is 133 Å². The van der Waals surface area contributed by atoms with Gasteiger partial charge in [-0.05, 0) is 206 Å². The molecular weight excluding hydrogens is 1320 g/mol. The predicted octanol–water partition coefficient (Wildman–Crippen LogP) is 13.5. The molecule has 0 bridgehead atoms. The van der Waals surface area contributed by atoms with E-state index in [1.807, 2.05) is 151 Å². The maximum atomic E-state index is 12.5. The zero-order valence-electron chi connectivity index (χ0n) is 58.7. The Morgan fingerprint density at radius 2 is 0.667 bits per heavy atom. The first-order valence-electron chi connectivity index (χ1n) is 35.3. The van der Waals surface area contributed by atoms with Crippen molar-refractivity contribution in [3.05, 3.63) is 285 Å². The molecule has 3 fully saturated rings. The maximum Gasteiger partial charge on any atom is 0.176 e. The number of benzene rings is 3. The Hall–Kier alpha value is -11.6. The van der Waals surface area contributed by atoms with Gasteiger partial charge in [-0.25, -0.2) is 15.0 Å². The number of imidazole rings is 3. The van der Waals surface area contributed by atoms with E-state index in [0.29, 0.717) is 108 Å². The summed E-state index contributed by atoms with van der Waals surface area (Å²) in [5.41, 5.74) is 29.8. The highest BCUT2D eigenvalue weighted by Gasteiger charge is 2.44. The molecule has 0 unspecified atom stereocenters. The molecule has 528 valence electrons. The summed E-state index contributed by atoms with van der Waals surface area (Å²) in [6.45, 7) is 11.2. The van der Waals surface area contributed by atoms with Crippen LogP contribution in [0, 0.1) is 20.8 Å². The summed E-state index contributed by atoms with van der Waals surface area (Å²) in [6, 6.07) is 43.8. The van der Waals surface area contributed by atoms with E-state index in [1.165, 1.54) is 0 Å². The Balaban J connectivity index is 0.000000121. The lowest BCUT2D eigenvalue weighted by atomic mass is 9.83. The molecule has 15 aromatic rings. The summed E-state index contributed by atoms with van der Waals surface area (Å²) in [7, 11) is 0. The number of pyridine rings is 6. The van der Waals surface area contributed by atoms with Crippen LogP contribution < -0.4 is 17.2 Å². The van der Waals surface area contributed by atoms with Crippen molar-refractivity contribution in [2.24, 2.45) is 17.2 Å². The first-order valence-corrected chi connectivity index (χ1v) is 35.3. The minimum atomic E-state index is -1.65. The molecule has 18 rings (SSSR count). The quantitative estimate of drug-likeness (QED) is 0.0385. The molecule has 3 aromatic carbocycles. The summed E-state index contributed by atoms with van der Waals surface area (Å²) < 4.78 is 16.7. The van der Waals surface area contributed by atoms with Gasteiger partial charge in [0.05, 0.1) is 90.7 Å². The molecule has 12 heterocycles. The monoisotopic (exact) mass is 1400 g/mol. The van der Waals surface area contributed by atoms with Gasteiger partial charge < -0.3 is 61.0 Å². The van der Waals surface area contributed by atoms with Gasteiger partial charge in [0, 0.05) is 94.4 Å². The van der Waals surface area contributed by atoms with Crippen molar-refractivity contribution >= 4 is 33.1 Å². The highest BCUT2D eigenvalue weighted by molar-refractivity contribution is 5.91. The van der Waals surface area contributed by atoms with Gasteiger partial charge in [0.2, 0.25) is 0 Å². The van der Waals surface area contributed by atoms with Crippen molar-refractivity contribution in [1.82, 2.24) is 75.3 Å². The summed E-state index contributed by atoms with van der Waals surface area (Å²) in [4.78, 5) is 52.6. The minimum Gasteiger partial charge on any atom is -0.373 e. The Kier molecular flexibility index (Phi) is 17.6. The van der Waals surface area contributed by atoms with Gasteiger partial charge in [-0.1, -0.05) is 51.9 Å². The zero-order chi connectivity index (χ0) is 72.5. The first kappa shape index (κ1) is 67.8. The molecule has 3 atom stereocenters. The normalized spacial score (nSPS) is 15.0. The summed E-state index contributed by atoms with van der Waals surface area (Å²) >= 11 is 0. The van der Waals surface area contributed by atoms with Crippen LogP contribution in [0.1, 0.15) is 198 Å². The molecule has 3 aliphatic rings. The molecule has 0 amide bonds. The first-order chi connectivity index (χ1) is 50.9. The number of hydrogen-bond acceptors (Lipinski definition) is 21. The summed E-state index contributed by atoms with van der Waals surface area (Å²) in [6.07, 6.45) is 16.6. The molecule has 3 saturated carbocycles. The molecule has 0 saturated heterocycles. The van der Waals surface area contributed by atoms with E-state index in [-0.39, 0.29) is 18.1 Å². The van der Waals surface area contributed by atoms with Gasteiger partial charge in [-0.2, -0.15) is 0 Å². The van der Waals surface area contributed by atoms with Gasteiger partial charge in [0.25, 0.3) is 0 Å². The van der Waals surface area contributed by atoms with E-state index >= 15 is 0 Å². The summed E-state index contributed by atoms with van der Waals surface area (Å²) in [5.74, 6) is 5.86. The van der Waals surface area contributed by atoms with E-state index in [2.05, 4.69) is 60.3 Å². The Bertz CT molecular complexity index is 4940. The molecule has 0 spiro atoms. The Morgan fingerprint density at radius 3 is 0.914 bits per heavy atom. The number of rotatable bonds is 18. The Morgan fingerprint density at radius 1 is 0.381 bits per heavy atom. The molecule has 3 aliphatic carbocycles. The lowest BCUT2D eigenvalue weighted by molar-refractivity contribution is 0.117. The topological polar surface area (TPSA) is 380 Å². The van der Waals surface area contributed by atoms with Crippen molar-refractivity contribution < 1.29 is 28.9 Å². The summed E-state index contributed by atoms with van der Waals surface area (Å²) in [5, 5.41) is 50.1. The highest BCUT2D eigenvalue weighted by atomic mass is 16.5. The second-order valence-corrected chi connectivity index (χ2v) is 27.7. The van der Waals surface area contributed by atoms with Gasteiger partial charge >= 0.3 is 0 Å². The van der Waals surface area contributed by atoms with Crippen molar-refractivity contribution in [3.8, 4) is 33.4 Å². The van der Waals surface area contributed by atoms with E-state index in [0.717, 1.165) is 117 Å². The largest absolute Gasteiger partial charge is 0.373 e. The highest BCUT2D eigenvalue weighted by Crippen LogP contribution is 2.49. The van der Waals surface area contributed by atoms with E-state index in [4.69, 9.17) is 45.7 Å². The molecule has 0 aliphatic heterocycles. The van der Waals surface area contributed by atoms with E-state index in [1.54, 1.807) is 73.6 Å². The third kappa shape index (κ3) is 12.4. The van der Waals surface area contributed by atoms with Crippen molar-refractivity contribution in [1.29, 1.82) is 0 Å². The van der Waals surface area contributed by atoms with Crippen LogP contribution in [0.2, 0.25) is 0 Å². The van der Waals surface area contributed by atoms with Crippen molar-refractivity contribution in [2.75, 3.05) is 0 Å². The lowest BCUT2D eigenvalue weighted by Crippen LogP contribution is -2.31. The van der Waals surface area contributed by atoms with Gasteiger partial charge in [0.1, 0.15) is 28.9 Å².